The first-order valence-corrected chi connectivity index (χ1v) is 2.89. The predicted octanol–water partition coefficient (Wildman–Crippen LogP) is 3.29. The van der Waals surface area contributed by atoms with Crippen molar-refractivity contribution in [3.05, 3.63) is 36.0 Å². The Bertz CT molecular complexity index is 183. The lowest BCUT2D eigenvalue weighted by molar-refractivity contribution is 0.614. The van der Waals surface area contributed by atoms with Gasteiger partial charge in [0.15, 0.2) is 0 Å². The van der Waals surface area contributed by atoms with Gasteiger partial charge in [0.25, 0.3) is 0 Å². The van der Waals surface area contributed by atoms with Gasteiger partial charge in [0, 0.05) is 6.08 Å². The lowest BCUT2D eigenvalue weighted by Crippen LogP contribution is -1.69. The summed E-state index contributed by atoms with van der Waals surface area (Å²) >= 11 is 0. The molecule has 0 rings (SSSR count). The summed E-state index contributed by atoms with van der Waals surface area (Å²) in [5, 5.41) is 0. The summed E-state index contributed by atoms with van der Waals surface area (Å²) in [5.74, 6) is -1.15. The van der Waals surface area contributed by atoms with E-state index < -0.39 is 11.7 Å². The van der Waals surface area contributed by atoms with Crippen molar-refractivity contribution in [1.82, 2.24) is 0 Å². The molecule has 0 fully saturated rings. The lowest BCUT2D eigenvalue weighted by Gasteiger charge is -1.87. The summed E-state index contributed by atoms with van der Waals surface area (Å²) in [5.41, 5.74) is 0.565. The molecule has 0 nitrogen and oxygen atoms in total. The van der Waals surface area contributed by atoms with E-state index in [4.69, 9.17) is 0 Å². The third kappa shape index (κ3) is 5.22. The van der Waals surface area contributed by atoms with Crippen LogP contribution >= 0.6 is 0 Å². The largest absolute Gasteiger partial charge is 0.212 e. The molecule has 0 spiro atoms. The zero-order chi connectivity index (χ0) is 8.15. The fourth-order valence-corrected chi connectivity index (χ4v) is 0.467. The van der Waals surface area contributed by atoms with Crippen LogP contribution < -0.4 is 0 Å². The standard InChI is InChI=1S/C8H10F2/c1-6(2)4-8(10)5-7(3)9/h4-5H,1H2,2-3H3/b7-5+,8-4+. The monoisotopic (exact) mass is 144 g/mol. The minimum Gasteiger partial charge on any atom is -0.212 e. The number of hydrogen-bond acceptors (Lipinski definition) is 0. The summed E-state index contributed by atoms with van der Waals surface area (Å²) < 4.78 is 24.3. The van der Waals surface area contributed by atoms with Crippen LogP contribution in [0.4, 0.5) is 8.78 Å². The predicted molar refractivity (Wildman–Crippen MR) is 38.9 cm³/mol. The van der Waals surface area contributed by atoms with Gasteiger partial charge in [-0.2, -0.15) is 0 Å². The molecule has 2 heteroatoms. The Morgan fingerprint density at radius 1 is 1.20 bits per heavy atom. The van der Waals surface area contributed by atoms with E-state index in [-0.39, 0.29) is 0 Å². The minimum atomic E-state index is -0.604. The van der Waals surface area contributed by atoms with Crippen LogP contribution in [0.5, 0.6) is 0 Å². The first kappa shape index (κ1) is 9.08. The molecule has 0 aliphatic rings. The summed E-state index contributed by atoms with van der Waals surface area (Å²) in [6, 6.07) is 0. The van der Waals surface area contributed by atoms with Crippen LogP contribution in [-0.2, 0) is 0 Å². The van der Waals surface area contributed by atoms with Crippen LogP contribution in [0.25, 0.3) is 0 Å². The molecule has 56 valence electrons. The van der Waals surface area contributed by atoms with E-state index in [9.17, 15) is 8.78 Å². The Labute approximate surface area is 59.6 Å². The van der Waals surface area contributed by atoms with E-state index in [1.807, 2.05) is 0 Å². The third-order valence-electron chi connectivity index (χ3n) is 0.721. The first-order valence-electron chi connectivity index (χ1n) is 2.89. The van der Waals surface area contributed by atoms with E-state index in [0.29, 0.717) is 5.57 Å². The maximum Gasteiger partial charge on any atom is 0.126 e. The van der Waals surface area contributed by atoms with Gasteiger partial charge in [-0.15, -0.1) is 0 Å². The van der Waals surface area contributed by atoms with Crippen LogP contribution in [0.3, 0.4) is 0 Å². The number of rotatable bonds is 2. The van der Waals surface area contributed by atoms with Gasteiger partial charge < -0.3 is 0 Å². The molecule has 0 saturated carbocycles. The fourth-order valence-electron chi connectivity index (χ4n) is 0.467. The quantitative estimate of drug-likeness (QED) is 0.521. The fraction of sp³-hybridized carbons (Fsp3) is 0.250. The van der Waals surface area contributed by atoms with E-state index in [0.717, 1.165) is 6.08 Å². The molecule has 0 radical (unpaired) electrons. The van der Waals surface area contributed by atoms with E-state index in [2.05, 4.69) is 6.58 Å². The topological polar surface area (TPSA) is 0 Å². The van der Waals surface area contributed by atoms with Gasteiger partial charge >= 0.3 is 0 Å². The summed E-state index contributed by atoms with van der Waals surface area (Å²) in [6.45, 7) is 6.26. The summed E-state index contributed by atoms with van der Waals surface area (Å²) in [4.78, 5) is 0. The molecule has 0 heterocycles. The van der Waals surface area contributed by atoms with Crippen LogP contribution in [0.2, 0.25) is 0 Å². The second-order valence-electron chi connectivity index (χ2n) is 2.11. The molecule has 0 aromatic carbocycles. The first-order chi connectivity index (χ1) is 4.52. The minimum absolute atomic E-state index is 0.546. The molecule has 0 amide bonds. The highest BCUT2D eigenvalue weighted by Crippen LogP contribution is 2.06. The zero-order valence-electron chi connectivity index (χ0n) is 6.12. The van der Waals surface area contributed by atoms with Crippen molar-refractivity contribution in [2.75, 3.05) is 0 Å². The molecule has 0 bridgehead atoms. The van der Waals surface area contributed by atoms with Crippen molar-refractivity contribution in [3.63, 3.8) is 0 Å². The van der Waals surface area contributed by atoms with Crippen molar-refractivity contribution in [1.29, 1.82) is 0 Å². The molecule has 0 aliphatic carbocycles. The van der Waals surface area contributed by atoms with Gasteiger partial charge in [-0.1, -0.05) is 12.2 Å². The van der Waals surface area contributed by atoms with Gasteiger partial charge in [-0.05, 0) is 19.9 Å². The summed E-state index contributed by atoms with van der Waals surface area (Å²) in [6.07, 6.45) is 1.98. The molecular formula is C8H10F2. The van der Waals surface area contributed by atoms with Crippen molar-refractivity contribution >= 4 is 0 Å². The highest BCUT2D eigenvalue weighted by molar-refractivity contribution is 5.22. The van der Waals surface area contributed by atoms with Crippen molar-refractivity contribution in [2.45, 2.75) is 13.8 Å². The Balaban J connectivity index is 4.22. The Kier molecular flexibility index (Phi) is 3.62. The molecule has 0 saturated heterocycles. The summed E-state index contributed by atoms with van der Waals surface area (Å²) in [7, 11) is 0. The SMILES string of the molecule is C=C(C)/C=C(F)\C=C(/C)F. The molecule has 0 aromatic heterocycles. The smallest absolute Gasteiger partial charge is 0.126 e. The number of hydrogen-bond donors (Lipinski definition) is 0. The molecule has 10 heavy (non-hydrogen) atoms. The van der Waals surface area contributed by atoms with Gasteiger partial charge in [-0.3, -0.25) is 0 Å². The highest BCUT2D eigenvalue weighted by Gasteiger charge is 1.89. The Hall–Kier alpha value is -0.920. The van der Waals surface area contributed by atoms with Crippen molar-refractivity contribution < 1.29 is 8.78 Å². The van der Waals surface area contributed by atoms with E-state index >= 15 is 0 Å². The third-order valence-corrected chi connectivity index (χ3v) is 0.721. The highest BCUT2D eigenvalue weighted by atomic mass is 19.1. The van der Waals surface area contributed by atoms with Crippen LogP contribution in [-0.4, -0.2) is 0 Å². The van der Waals surface area contributed by atoms with Gasteiger partial charge in [0.1, 0.15) is 5.83 Å². The Morgan fingerprint density at radius 3 is 2.00 bits per heavy atom. The lowest BCUT2D eigenvalue weighted by atomic mass is 10.3. The number of allylic oxidation sites excluding steroid dienone is 5. The molecule has 0 N–H and O–H groups in total. The van der Waals surface area contributed by atoms with Gasteiger partial charge in [0.2, 0.25) is 0 Å². The maximum atomic E-state index is 12.4. The van der Waals surface area contributed by atoms with Gasteiger partial charge in [-0.25, -0.2) is 8.78 Å². The number of halogens is 2. The Morgan fingerprint density at radius 2 is 1.70 bits per heavy atom. The van der Waals surface area contributed by atoms with Crippen LogP contribution in [0.1, 0.15) is 13.8 Å². The normalized spacial score (nSPS) is 13.6. The second-order valence-corrected chi connectivity index (χ2v) is 2.11. The van der Waals surface area contributed by atoms with Crippen molar-refractivity contribution in [3.8, 4) is 0 Å². The molecule has 0 unspecified atom stereocenters. The average Bonchev–Trinajstić information content (AvgIpc) is 1.58. The maximum absolute atomic E-state index is 12.4. The van der Waals surface area contributed by atoms with E-state index in [1.165, 1.54) is 13.0 Å². The van der Waals surface area contributed by atoms with Crippen molar-refractivity contribution in [2.24, 2.45) is 0 Å². The molecule has 0 atom stereocenters. The average molecular weight is 144 g/mol. The molecule has 0 aromatic rings. The second kappa shape index (κ2) is 3.99. The molecular weight excluding hydrogens is 134 g/mol. The molecule has 0 aliphatic heterocycles. The van der Waals surface area contributed by atoms with Gasteiger partial charge in [0.05, 0.1) is 5.83 Å². The zero-order valence-corrected chi connectivity index (χ0v) is 6.12. The van der Waals surface area contributed by atoms with Crippen LogP contribution in [0, 0.1) is 0 Å². The van der Waals surface area contributed by atoms with Crippen LogP contribution in [0.15, 0.2) is 36.0 Å². The van der Waals surface area contributed by atoms with E-state index in [1.54, 1.807) is 6.92 Å².